The molecule has 3 heteroatoms. The Hall–Kier alpha value is -1.19. The van der Waals surface area contributed by atoms with Crippen molar-refractivity contribution >= 4 is 11.5 Å². The molecule has 2 rings (SSSR count). The first kappa shape index (κ1) is 9.37. The summed E-state index contributed by atoms with van der Waals surface area (Å²) in [5, 5.41) is 10.0. The van der Waals surface area contributed by atoms with Crippen LogP contribution in [0.4, 0.5) is 0 Å². The number of aliphatic hydroxyl groups excluding tert-OH is 1. The summed E-state index contributed by atoms with van der Waals surface area (Å²) in [5.41, 5.74) is 2.06. The molecule has 0 radical (unpaired) electrons. The molecule has 0 saturated carbocycles. The van der Waals surface area contributed by atoms with Gasteiger partial charge in [0.2, 0.25) is 0 Å². The largest absolute Gasteiger partial charge is 0.383 e. The molecule has 0 aliphatic carbocycles. The second-order valence-corrected chi connectivity index (χ2v) is 4.04. The summed E-state index contributed by atoms with van der Waals surface area (Å²) in [6, 6.07) is 9.70. The van der Waals surface area contributed by atoms with Gasteiger partial charge in [0.25, 0.3) is 0 Å². The maximum Gasteiger partial charge on any atom is 0.115 e. The first-order valence-corrected chi connectivity index (χ1v) is 5.20. The molecule has 1 aromatic carbocycles. The highest BCUT2D eigenvalue weighted by atomic mass is 32.1. The van der Waals surface area contributed by atoms with E-state index in [1.54, 1.807) is 6.20 Å². The van der Waals surface area contributed by atoms with E-state index in [4.69, 9.17) is 0 Å². The van der Waals surface area contributed by atoms with E-state index in [2.05, 4.69) is 4.37 Å². The fraction of sp³-hybridized carbons (Fsp3) is 0.182. The van der Waals surface area contributed by atoms with Crippen LogP contribution in [0.3, 0.4) is 0 Å². The zero-order valence-corrected chi connectivity index (χ0v) is 8.66. The lowest BCUT2D eigenvalue weighted by Crippen LogP contribution is -1.99. The lowest BCUT2D eigenvalue weighted by molar-refractivity contribution is 0.223. The summed E-state index contributed by atoms with van der Waals surface area (Å²) < 4.78 is 3.98. The lowest BCUT2D eigenvalue weighted by Gasteiger charge is -2.10. The maximum atomic E-state index is 10.0. The highest BCUT2D eigenvalue weighted by Gasteiger charge is 2.13. The van der Waals surface area contributed by atoms with Crippen LogP contribution in [0.1, 0.15) is 22.1 Å². The summed E-state index contributed by atoms with van der Waals surface area (Å²) in [6.07, 6.45) is 1.17. The van der Waals surface area contributed by atoms with E-state index in [0.717, 1.165) is 16.0 Å². The monoisotopic (exact) mass is 205 g/mol. The van der Waals surface area contributed by atoms with Crippen molar-refractivity contribution in [2.75, 3.05) is 0 Å². The van der Waals surface area contributed by atoms with Gasteiger partial charge in [-0.3, -0.25) is 0 Å². The van der Waals surface area contributed by atoms with Crippen LogP contribution in [0.15, 0.2) is 36.5 Å². The fourth-order valence-corrected chi connectivity index (χ4v) is 2.01. The summed E-state index contributed by atoms with van der Waals surface area (Å²) in [7, 11) is 0. The Balaban J connectivity index is 2.37. The number of aliphatic hydroxyl groups is 1. The van der Waals surface area contributed by atoms with Crippen LogP contribution in [-0.2, 0) is 0 Å². The van der Waals surface area contributed by atoms with Gasteiger partial charge in [-0.2, -0.15) is 0 Å². The normalized spacial score (nSPS) is 12.7. The van der Waals surface area contributed by atoms with E-state index in [-0.39, 0.29) is 0 Å². The van der Waals surface area contributed by atoms with Crippen LogP contribution in [0.2, 0.25) is 0 Å². The predicted octanol–water partition coefficient (Wildman–Crippen LogP) is 2.53. The van der Waals surface area contributed by atoms with Crippen LogP contribution in [0.5, 0.6) is 0 Å². The smallest absolute Gasteiger partial charge is 0.115 e. The lowest BCUT2D eigenvalue weighted by atomic mass is 10.0. The van der Waals surface area contributed by atoms with Gasteiger partial charge in [0, 0.05) is 6.20 Å². The van der Waals surface area contributed by atoms with Crippen LogP contribution in [0.25, 0.3) is 0 Å². The minimum absolute atomic E-state index is 0.538. The predicted molar refractivity (Wildman–Crippen MR) is 57.4 cm³/mol. The van der Waals surface area contributed by atoms with Gasteiger partial charge >= 0.3 is 0 Å². The number of benzene rings is 1. The molecule has 0 fully saturated rings. The average Bonchev–Trinajstić information content (AvgIpc) is 2.70. The van der Waals surface area contributed by atoms with Crippen LogP contribution >= 0.6 is 11.5 Å². The van der Waals surface area contributed by atoms with E-state index in [9.17, 15) is 5.11 Å². The third-order valence-corrected chi connectivity index (χ3v) is 3.01. The molecule has 1 unspecified atom stereocenters. The Morgan fingerprint density at radius 1 is 1.29 bits per heavy atom. The van der Waals surface area contributed by atoms with Crippen molar-refractivity contribution in [3.8, 4) is 0 Å². The summed E-state index contributed by atoms with van der Waals surface area (Å²) >= 11 is 1.33. The van der Waals surface area contributed by atoms with Crippen LogP contribution in [0, 0.1) is 6.92 Å². The van der Waals surface area contributed by atoms with Gasteiger partial charge < -0.3 is 5.11 Å². The van der Waals surface area contributed by atoms with Crippen LogP contribution in [-0.4, -0.2) is 9.48 Å². The van der Waals surface area contributed by atoms with Gasteiger partial charge in [-0.15, -0.1) is 0 Å². The molecule has 1 heterocycles. The van der Waals surface area contributed by atoms with Crippen molar-refractivity contribution < 1.29 is 5.11 Å². The second kappa shape index (κ2) is 3.90. The number of hydrogen-bond acceptors (Lipinski definition) is 3. The van der Waals surface area contributed by atoms with Crippen molar-refractivity contribution in [3.05, 3.63) is 52.5 Å². The Kier molecular flexibility index (Phi) is 2.61. The van der Waals surface area contributed by atoms with Crippen molar-refractivity contribution in [1.82, 2.24) is 4.37 Å². The first-order valence-electron chi connectivity index (χ1n) is 4.43. The highest BCUT2D eigenvalue weighted by Crippen LogP contribution is 2.26. The van der Waals surface area contributed by atoms with Gasteiger partial charge in [-0.25, -0.2) is 4.37 Å². The molecule has 1 aromatic heterocycles. The topological polar surface area (TPSA) is 33.1 Å². The quantitative estimate of drug-likeness (QED) is 0.817. The molecule has 0 bridgehead atoms. The fourth-order valence-electron chi connectivity index (χ4n) is 1.41. The molecule has 2 aromatic rings. The Bertz CT molecular complexity index is 411. The van der Waals surface area contributed by atoms with E-state index in [0.29, 0.717) is 0 Å². The van der Waals surface area contributed by atoms with E-state index in [1.165, 1.54) is 11.5 Å². The Morgan fingerprint density at radius 2 is 2.07 bits per heavy atom. The summed E-state index contributed by atoms with van der Waals surface area (Å²) in [6.45, 7) is 2.00. The molecular formula is C11H11NOS. The van der Waals surface area contributed by atoms with Crippen molar-refractivity contribution in [2.24, 2.45) is 0 Å². The number of aromatic nitrogens is 1. The number of aryl methyl sites for hydroxylation is 1. The van der Waals surface area contributed by atoms with Gasteiger partial charge in [0.1, 0.15) is 6.10 Å². The Morgan fingerprint density at radius 3 is 2.71 bits per heavy atom. The number of hydrogen-bond donors (Lipinski definition) is 1. The summed E-state index contributed by atoms with van der Waals surface area (Å²) in [5.74, 6) is 0. The minimum Gasteiger partial charge on any atom is -0.383 e. The van der Waals surface area contributed by atoms with E-state index >= 15 is 0 Å². The number of nitrogens with zero attached hydrogens (tertiary/aromatic N) is 1. The molecule has 2 nitrogen and oxygen atoms in total. The molecule has 1 N–H and O–H groups in total. The molecule has 0 spiro atoms. The molecule has 72 valence electrons. The molecule has 0 aliphatic heterocycles. The van der Waals surface area contributed by atoms with Crippen molar-refractivity contribution in [2.45, 2.75) is 13.0 Å². The number of rotatable bonds is 2. The van der Waals surface area contributed by atoms with Crippen LogP contribution < -0.4 is 0 Å². The third kappa shape index (κ3) is 1.69. The second-order valence-electron chi connectivity index (χ2n) is 3.17. The first-order chi connectivity index (χ1) is 6.79. The highest BCUT2D eigenvalue weighted by molar-refractivity contribution is 7.05. The van der Waals surface area contributed by atoms with E-state index < -0.39 is 6.10 Å². The zero-order valence-electron chi connectivity index (χ0n) is 7.84. The van der Waals surface area contributed by atoms with E-state index in [1.807, 2.05) is 37.3 Å². The molecule has 1 atom stereocenters. The molecule has 0 amide bonds. The van der Waals surface area contributed by atoms with Gasteiger partial charge in [0.05, 0.1) is 4.88 Å². The average molecular weight is 205 g/mol. The minimum atomic E-state index is -0.538. The molecular weight excluding hydrogens is 194 g/mol. The van der Waals surface area contributed by atoms with Gasteiger partial charge in [0.15, 0.2) is 0 Å². The third-order valence-electron chi connectivity index (χ3n) is 2.21. The van der Waals surface area contributed by atoms with Gasteiger partial charge in [-0.1, -0.05) is 24.3 Å². The molecule has 0 saturated heterocycles. The maximum absolute atomic E-state index is 10.0. The molecule has 14 heavy (non-hydrogen) atoms. The summed E-state index contributed by atoms with van der Waals surface area (Å²) in [4.78, 5) is 0.888. The van der Waals surface area contributed by atoms with Gasteiger partial charge in [-0.05, 0) is 35.6 Å². The zero-order chi connectivity index (χ0) is 9.97. The Labute approximate surface area is 87.0 Å². The molecule has 0 aliphatic rings. The van der Waals surface area contributed by atoms with Crippen molar-refractivity contribution in [3.63, 3.8) is 0 Å². The standard InChI is InChI=1S/C11H11NOS/c1-8-4-2-3-5-9(8)11(13)10-6-7-12-14-10/h2-7,11,13H,1H3. The van der Waals surface area contributed by atoms with Crippen molar-refractivity contribution in [1.29, 1.82) is 0 Å². The SMILES string of the molecule is Cc1ccccc1C(O)c1ccns1.